The molecular weight excluding hydrogens is 282 g/mol. The van der Waals surface area contributed by atoms with Crippen LogP contribution in [0.5, 0.6) is 0 Å². The first kappa shape index (κ1) is 13.9. The second-order valence-corrected chi connectivity index (χ2v) is 4.78. The molecule has 0 saturated heterocycles. The van der Waals surface area contributed by atoms with Crippen molar-refractivity contribution in [3.05, 3.63) is 40.2 Å². The number of carbonyl (C=O) groups is 3. The number of carboxylic acids is 2. The topological polar surface area (TPSA) is 105 Å². The molecule has 0 radical (unpaired) electrons. The number of benzene rings is 1. The van der Waals surface area contributed by atoms with Gasteiger partial charge in [0.05, 0.1) is 5.69 Å². The van der Waals surface area contributed by atoms with Gasteiger partial charge >= 0.3 is 11.9 Å². The fourth-order valence-corrected chi connectivity index (χ4v) is 2.26. The van der Waals surface area contributed by atoms with Crippen LogP contribution in [0, 0.1) is 0 Å². The van der Waals surface area contributed by atoms with Crippen LogP contribution in [0.15, 0.2) is 29.6 Å². The highest BCUT2D eigenvalue weighted by molar-refractivity contribution is 7.11. The number of aromatic nitrogens is 1. The number of thiazole rings is 1. The van der Waals surface area contributed by atoms with E-state index in [4.69, 9.17) is 10.2 Å². The number of aliphatic carboxylic acids is 1. The van der Waals surface area contributed by atoms with E-state index in [1.807, 2.05) is 0 Å². The summed E-state index contributed by atoms with van der Waals surface area (Å²) in [6, 6.07) is 6.30. The lowest BCUT2D eigenvalue weighted by Gasteiger charge is -2.01. The maximum atomic E-state index is 11.7. The minimum absolute atomic E-state index is 0.0396. The minimum Gasteiger partial charge on any atom is -0.481 e. The van der Waals surface area contributed by atoms with E-state index in [2.05, 4.69) is 4.98 Å². The summed E-state index contributed by atoms with van der Waals surface area (Å²) in [4.78, 5) is 36.9. The highest BCUT2D eigenvalue weighted by Crippen LogP contribution is 2.23. The third-order valence-electron chi connectivity index (χ3n) is 2.48. The largest absolute Gasteiger partial charge is 0.481 e. The Labute approximate surface area is 117 Å². The van der Waals surface area contributed by atoms with E-state index in [1.165, 1.54) is 12.1 Å². The second-order valence-electron chi connectivity index (χ2n) is 3.92. The van der Waals surface area contributed by atoms with E-state index in [9.17, 15) is 14.4 Å². The number of hydrogen-bond donors (Lipinski definition) is 2. The monoisotopic (exact) mass is 291 g/mol. The molecule has 6 nitrogen and oxygen atoms in total. The van der Waals surface area contributed by atoms with Gasteiger partial charge in [0, 0.05) is 16.5 Å². The first-order valence-electron chi connectivity index (χ1n) is 5.51. The third kappa shape index (κ3) is 3.07. The SMILES string of the molecule is O=C(O)CC(=O)c1cccc(-c2csc(C(=O)O)n2)c1. The number of carbonyl (C=O) groups excluding carboxylic acids is 1. The molecule has 0 unspecified atom stereocenters. The maximum Gasteiger partial charge on any atom is 0.365 e. The summed E-state index contributed by atoms with van der Waals surface area (Å²) in [6.07, 6.45) is -0.582. The summed E-state index contributed by atoms with van der Waals surface area (Å²) >= 11 is 0.988. The maximum absolute atomic E-state index is 11.7. The van der Waals surface area contributed by atoms with E-state index in [0.29, 0.717) is 11.3 Å². The van der Waals surface area contributed by atoms with Gasteiger partial charge < -0.3 is 10.2 Å². The van der Waals surface area contributed by atoms with Gasteiger partial charge in [0.15, 0.2) is 5.78 Å². The molecule has 1 aromatic carbocycles. The lowest BCUT2D eigenvalue weighted by atomic mass is 10.0. The first-order chi connectivity index (χ1) is 9.47. The highest BCUT2D eigenvalue weighted by atomic mass is 32.1. The summed E-state index contributed by atoms with van der Waals surface area (Å²) in [6.45, 7) is 0. The van der Waals surface area contributed by atoms with Gasteiger partial charge in [-0.3, -0.25) is 9.59 Å². The van der Waals surface area contributed by atoms with E-state index in [-0.39, 0.29) is 10.6 Å². The standard InChI is InChI=1S/C13H9NO5S/c15-10(5-11(16)17)8-3-1-2-7(4-8)9-6-20-12(14-9)13(18)19/h1-4,6H,5H2,(H,16,17)(H,18,19). The Bertz CT molecular complexity index is 692. The van der Waals surface area contributed by atoms with Crippen molar-refractivity contribution in [2.75, 3.05) is 0 Å². The normalized spacial score (nSPS) is 10.2. The van der Waals surface area contributed by atoms with Crippen molar-refractivity contribution >= 4 is 29.1 Å². The zero-order chi connectivity index (χ0) is 14.7. The molecule has 0 saturated carbocycles. The average molecular weight is 291 g/mol. The van der Waals surface area contributed by atoms with Crippen molar-refractivity contribution < 1.29 is 24.6 Å². The van der Waals surface area contributed by atoms with Gasteiger partial charge in [-0.15, -0.1) is 11.3 Å². The van der Waals surface area contributed by atoms with Crippen LogP contribution in [0.4, 0.5) is 0 Å². The lowest BCUT2D eigenvalue weighted by molar-refractivity contribution is -0.135. The molecule has 0 aliphatic carbocycles. The molecule has 2 rings (SSSR count). The van der Waals surface area contributed by atoms with E-state index >= 15 is 0 Å². The molecule has 0 fully saturated rings. The molecule has 1 aromatic heterocycles. The Morgan fingerprint density at radius 3 is 2.55 bits per heavy atom. The zero-order valence-corrected chi connectivity index (χ0v) is 10.9. The van der Waals surface area contributed by atoms with Crippen molar-refractivity contribution in [1.82, 2.24) is 4.98 Å². The van der Waals surface area contributed by atoms with Gasteiger partial charge in [0.25, 0.3) is 0 Å². The second kappa shape index (κ2) is 5.62. The average Bonchev–Trinajstić information content (AvgIpc) is 2.88. The molecule has 7 heteroatoms. The van der Waals surface area contributed by atoms with E-state index in [1.54, 1.807) is 17.5 Å². The van der Waals surface area contributed by atoms with Crippen molar-refractivity contribution in [2.24, 2.45) is 0 Å². The van der Waals surface area contributed by atoms with E-state index in [0.717, 1.165) is 11.3 Å². The summed E-state index contributed by atoms with van der Waals surface area (Å²) in [5.74, 6) is -2.81. The Hall–Kier alpha value is -2.54. The first-order valence-corrected chi connectivity index (χ1v) is 6.39. The van der Waals surface area contributed by atoms with Crippen LogP contribution in [0.3, 0.4) is 0 Å². The molecule has 0 aliphatic heterocycles. The summed E-state index contributed by atoms with van der Waals surface area (Å²) in [5.41, 5.74) is 1.28. The number of ketones is 1. The molecule has 2 N–H and O–H groups in total. The molecule has 1 heterocycles. The lowest BCUT2D eigenvalue weighted by Crippen LogP contribution is -2.06. The molecule has 0 aliphatic rings. The van der Waals surface area contributed by atoms with Gasteiger partial charge in [-0.1, -0.05) is 18.2 Å². The number of aromatic carboxylic acids is 1. The Morgan fingerprint density at radius 2 is 1.95 bits per heavy atom. The van der Waals surface area contributed by atoms with Crippen LogP contribution in [0.25, 0.3) is 11.3 Å². The number of rotatable bonds is 5. The van der Waals surface area contributed by atoms with Crippen molar-refractivity contribution in [3.8, 4) is 11.3 Å². The Kier molecular flexibility index (Phi) is 3.90. The van der Waals surface area contributed by atoms with E-state index < -0.39 is 24.1 Å². The molecule has 0 atom stereocenters. The fourth-order valence-electron chi connectivity index (χ4n) is 1.60. The molecule has 2 aromatic rings. The molecule has 0 amide bonds. The molecule has 102 valence electrons. The van der Waals surface area contributed by atoms with Crippen LogP contribution < -0.4 is 0 Å². The number of carboxylic acid groups (broad SMARTS) is 2. The van der Waals surface area contributed by atoms with Crippen molar-refractivity contribution in [3.63, 3.8) is 0 Å². The van der Waals surface area contributed by atoms with Crippen molar-refractivity contribution in [2.45, 2.75) is 6.42 Å². The predicted octanol–water partition coefficient (Wildman–Crippen LogP) is 2.17. The smallest absolute Gasteiger partial charge is 0.365 e. The quantitative estimate of drug-likeness (QED) is 0.646. The van der Waals surface area contributed by atoms with Gasteiger partial charge in [0.1, 0.15) is 6.42 Å². The highest BCUT2D eigenvalue weighted by Gasteiger charge is 2.14. The molecule has 20 heavy (non-hydrogen) atoms. The summed E-state index contributed by atoms with van der Waals surface area (Å²) in [5, 5.41) is 18.9. The van der Waals surface area contributed by atoms with Crippen LogP contribution in [0.1, 0.15) is 26.6 Å². The summed E-state index contributed by atoms with van der Waals surface area (Å²) in [7, 11) is 0. The molecule has 0 bridgehead atoms. The van der Waals surface area contributed by atoms with Crippen LogP contribution in [-0.4, -0.2) is 32.9 Å². The van der Waals surface area contributed by atoms with Crippen LogP contribution >= 0.6 is 11.3 Å². The van der Waals surface area contributed by atoms with Gasteiger partial charge in [-0.2, -0.15) is 0 Å². The van der Waals surface area contributed by atoms with Gasteiger partial charge in [-0.05, 0) is 6.07 Å². The minimum atomic E-state index is -1.19. The zero-order valence-electron chi connectivity index (χ0n) is 10.1. The van der Waals surface area contributed by atoms with Crippen LogP contribution in [-0.2, 0) is 4.79 Å². The predicted molar refractivity (Wildman–Crippen MR) is 71.1 cm³/mol. The fraction of sp³-hybridized carbons (Fsp3) is 0.0769. The Balaban J connectivity index is 2.31. The number of hydrogen-bond acceptors (Lipinski definition) is 5. The number of Topliss-reactive ketones (excluding diaryl/α,β-unsaturated/α-hetero) is 1. The van der Waals surface area contributed by atoms with Gasteiger partial charge in [0.2, 0.25) is 5.01 Å². The van der Waals surface area contributed by atoms with Crippen molar-refractivity contribution in [1.29, 1.82) is 0 Å². The third-order valence-corrected chi connectivity index (χ3v) is 3.31. The van der Waals surface area contributed by atoms with Gasteiger partial charge in [-0.25, -0.2) is 9.78 Å². The number of nitrogens with zero attached hydrogens (tertiary/aromatic N) is 1. The van der Waals surface area contributed by atoms with Crippen LogP contribution in [0.2, 0.25) is 0 Å². The molecular formula is C13H9NO5S. The summed E-state index contributed by atoms with van der Waals surface area (Å²) < 4.78 is 0. The Morgan fingerprint density at radius 1 is 1.20 bits per heavy atom. The molecule has 0 spiro atoms.